The van der Waals surface area contributed by atoms with E-state index in [4.69, 9.17) is 16.3 Å². The summed E-state index contributed by atoms with van der Waals surface area (Å²) in [7, 11) is 1.53. The highest BCUT2D eigenvalue weighted by Crippen LogP contribution is 2.28. The number of hydrogen-bond acceptors (Lipinski definition) is 8. The van der Waals surface area contributed by atoms with Crippen LogP contribution in [0.1, 0.15) is 0 Å². The van der Waals surface area contributed by atoms with E-state index in [1.54, 1.807) is 12.1 Å². The van der Waals surface area contributed by atoms with Gasteiger partial charge in [-0.05, 0) is 28.6 Å². The summed E-state index contributed by atoms with van der Waals surface area (Å²) >= 11 is 7.08. The highest BCUT2D eigenvalue weighted by Gasteiger charge is 2.16. The quantitative estimate of drug-likeness (QED) is 0.351. The number of non-ortho nitro benzene ring substituents is 1. The molecule has 1 N–H and O–H groups in total. The number of nitrogens with one attached hydrogen (secondary N) is 1. The molecule has 0 unspecified atom stereocenters. The molecule has 10 nitrogen and oxygen atoms in total. The second-order valence-corrected chi connectivity index (χ2v) is 6.65. The SMILES string of the molecule is COc1ccccc1-n1nnnc1SCC(=O)Nc1cc([N+](=O)[O-])ccc1Cl. The Balaban J connectivity index is 1.71. The zero-order valence-corrected chi connectivity index (χ0v) is 16.0. The lowest BCUT2D eigenvalue weighted by atomic mass is 10.3. The van der Waals surface area contributed by atoms with Gasteiger partial charge in [0.2, 0.25) is 11.1 Å². The van der Waals surface area contributed by atoms with Crippen molar-refractivity contribution in [1.29, 1.82) is 0 Å². The van der Waals surface area contributed by atoms with Crippen molar-refractivity contribution < 1.29 is 14.5 Å². The average Bonchev–Trinajstić information content (AvgIpc) is 3.16. The maximum absolute atomic E-state index is 12.2. The Morgan fingerprint density at radius 2 is 2.14 bits per heavy atom. The van der Waals surface area contributed by atoms with Gasteiger partial charge >= 0.3 is 0 Å². The number of carbonyl (C=O) groups excluding carboxylic acids is 1. The fourth-order valence-electron chi connectivity index (χ4n) is 2.26. The number of hydrogen-bond donors (Lipinski definition) is 1. The fraction of sp³-hybridized carbons (Fsp3) is 0.125. The van der Waals surface area contributed by atoms with Crippen molar-refractivity contribution in [3.63, 3.8) is 0 Å². The van der Waals surface area contributed by atoms with E-state index in [9.17, 15) is 14.9 Å². The molecular weight excluding hydrogens is 408 g/mol. The fourth-order valence-corrected chi connectivity index (χ4v) is 3.11. The van der Waals surface area contributed by atoms with Crippen LogP contribution in [0.4, 0.5) is 11.4 Å². The van der Waals surface area contributed by atoms with Gasteiger partial charge in [-0.15, -0.1) is 5.10 Å². The molecule has 0 fully saturated rings. The smallest absolute Gasteiger partial charge is 0.271 e. The monoisotopic (exact) mass is 420 g/mol. The molecule has 1 amide bonds. The molecule has 0 aliphatic rings. The third-order valence-corrected chi connectivity index (χ3v) is 4.77. The highest BCUT2D eigenvalue weighted by molar-refractivity contribution is 7.99. The van der Waals surface area contributed by atoms with E-state index >= 15 is 0 Å². The number of aromatic nitrogens is 4. The number of thioether (sulfide) groups is 1. The molecule has 0 aliphatic heterocycles. The summed E-state index contributed by atoms with van der Waals surface area (Å²) in [6, 6.07) is 11.0. The van der Waals surface area contributed by atoms with Crippen LogP contribution in [0.25, 0.3) is 5.69 Å². The molecule has 2 aromatic carbocycles. The summed E-state index contributed by atoms with van der Waals surface area (Å²) in [5, 5.41) is 25.5. The van der Waals surface area contributed by atoms with E-state index in [1.165, 1.54) is 30.0 Å². The number of carbonyl (C=O) groups is 1. The summed E-state index contributed by atoms with van der Waals surface area (Å²) in [4.78, 5) is 22.5. The van der Waals surface area contributed by atoms with Crippen molar-refractivity contribution in [3.8, 4) is 11.4 Å². The molecule has 1 heterocycles. The number of ether oxygens (including phenoxy) is 1. The van der Waals surface area contributed by atoms with Crippen LogP contribution in [-0.2, 0) is 4.79 Å². The number of tetrazole rings is 1. The Labute approximate surface area is 168 Å². The van der Waals surface area contributed by atoms with Gasteiger partial charge in [-0.1, -0.05) is 35.5 Å². The van der Waals surface area contributed by atoms with Crippen LogP contribution in [-0.4, -0.2) is 43.9 Å². The van der Waals surface area contributed by atoms with Gasteiger partial charge in [-0.2, -0.15) is 4.68 Å². The number of nitro groups is 1. The van der Waals surface area contributed by atoms with Crippen molar-refractivity contribution in [3.05, 3.63) is 57.6 Å². The van der Waals surface area contributed by atoms with Crippen LogP contribution in [0.2, 0.25) is 5.02 Å². The third-order valence-electron chi connectivity index (χ3n) is 3.52. The van der Waals surface area contributed by atoms with Crippen LogP contribution in [0.15, 0.2) is 47.6 Å². The molecule has 144 valence electrons. The Morgan fingerprint density at radius 3 is 2.89 bits per heavy atom. The standard InChI is InChI=1S/C16H13ClN6O4S/c1-27-14-5-3-2-4-13(14)22-16(19-20-21-22)28-9-15(24)18-12-8-10(23(25)26)6-7-11(12)17/h2-8H,9H2,1H3,(H,18,24). The summed E-state index contributed by atoms with van der Waals surface area (Å²) in [6.45, 7) is 0. The van der Waals surface area contributed by atoms with Gasteiger partial charge in [0.05, 0.1) is 28.5 Å². The van der Waals surface area contributed by atoms with Crippen molar-refractivity contribution in [2.75, 3.05) is 18.2 Å². The highest BCUT2D eigenvalue weighted by atomic mass is 35.5. The molecule has 12 heteroatoms. The van der Waals surface area contributed by atoms with Gasteiger partial charge in [0.15, 0.2) is 0 Å². The number of halogens is 1. The predicted octanol–water partition coefficient (Wildman–Crippen LogP) is 2.96. The average molecular weight is 421 g/mol. The summed E-state index contributed by atoms with van der Waals surface area (Å²) in [6.07, 6.45) is 0. The van der Waals surface area contributed by atoms with Crippen molar-refractivity contribution in [2.45, 2.75) is 5.16 Å². The van der Waals surface area contributed by atoms with E-state index in [0.29, 0.717) is 16.6 Å². The number of benzene rings is 2. The van der Waals surface area contributed by atoms with Gasteiger partial charge in [0, 0.05) is 12.1 Å². The number of nitrogens with zero attached hydrogens (tertiary/aromatic N) is 5. The first-order valence-electron chi connectivity index (χ1n) is 7.78. The van der Waals surface area contributed by atoms with Gasteiger partial charge in [-0.3, -0.25) is 14.9 Å². The van der Waals surface area contributed by atoms with Crippen LogP contribution in [0, 0.1) is 10.1 Å². The second-order valence-electron chi connectivity index (χ2n) is 5.30. The largest absolute Gasteiger partial charge is 0.494 e. The Kier molecular flexibility index (Phi) is 6.06. The minimum absolute atomic E-state index is 0.0332. The van der Waals surface area contributed by atoms with Crippen molar-refractivity contribution >= 4 is 40.6 Å². The molecule has 1 aromatic heterocycles. The van der Waals surface area contributed by atoms with Crippen LogP contribution in [0.3, 0.4) is 0 Å². The normalized spacial score (nSPS) is 10.5. The van der Waals surface area contributed by atoms with Gasteiger partial charge in [0.25, 0.3) is 5.69 Å². The van der Waals surface area contributed by atoms with Gasteiger partial charge in [0.1, 0.15) is 11.4 Å². The lowest BCUT2D eigenvalue weighted by Gasteiger charge is -2.09. The lowest BCUT2D eigenvalue weighted by molar-refractivity contribution is -0.384. The maximum atomic E-state index is 12.2. The number of nitro benzene ring substituents is 1. The predicted molar refractivity (Wildman–Crippen MR) is 103 cm³/mol. The van der Waals surface area contributed by atoms with Crippen molar-refractivity contribution in [1.82, 2.24) is 20.2 Å². The first-order valence-corrected chi connectivity index (χ1v) is 9.14. The maximum Gasteiger partial charge on any atom is 0.271 e. The summed E-state index contributed by atoms with van der Waals surface area (Å²) < 4.78 is 6.75. The molecule has 0 radical (unpaired) electrons. The number of amides is 1. The zero-order chi connectivity index (χ0) is 20.1. The van der Waals surface area contributed by atoms with Crippen LogP contribution < -0.4 is 10.1 Å². The number of methoxy groups -OCH3 is 1. The molecule has 3 aromatic rings. The molecule has 0 spiro atoms. The lowest BCUT2D eigenvalue weighted by Crippen LogP contribution is -2.15. The molecule has 0 saturated carbocycles. The summed E-state index contributed by atoms with van der Waals surface area (Å²) in [5.74, 6) is 0.126. The second kappa shape index (κ2) is 8.67. The molecule has 28 heavy (non-hydrogen) atoms. The van der Waals surface area contributed by atoms with Crippen LogP contribution >= 0.6 is 23.4 Å². The van der Waals surface area contributed by atoms with E-state index < -0.39 is 10.8 Å². The molecule has 0 aliphatic carbocycles. The molecule has 0 bridgehead atoms. The van der Waals surface area contributed by atoms with E-state index in [2.05, 4.69) is 20.8 Å². The van der Waals surface area contributed by atoms with E-state index in [1.807, 2.05) is 12.1 Å². The molecule has 0 atom stereocenters. The minimum atomic E-state index is -0.567. The molecule has 0 saturated heterocycles. The van der Waals surface area contributed by atoms with Gasteiger partial charge in [-0.25, -0.2) is 0 Å². The minimum Gasteiger partial charge on any atom is -0.494 e. The van der Waals surface area contributed by atoms with Crippen molar-refractivity contribution in [2.24, 2.45) is 0 Å². The Hall–Kier alpha value is -3.18. The number of anilines is 1. The Bertz CT molecular complexity index is 1030. The van der Waals surface area contributed by atoms with E-state index in [-0.39, 0.29) is 22.2 Å². The first-order chi connectivity index (χ1) is 13.5. The molecule has 3 rings (SSSR count). The summed E-state index contributed by atoms with van der Waals surface area (Å²) in [5.41, 5.74) is 0.609. The van der Waals surface area contributed by atoms with Crippen LogP contribution in [0.5, 0.6) is 5.75 Å². The topological polar surface area (TPSA) is 125 Å². The Morgan fingerprint density at radius 1 is 1.36 bits per heavy atom. The number of para-hydroxylation sites is 2. The zero-order valence-electron chi connectivity index (χ0n) is 14.4. The number of rotatable bonds is 7. The van der Waals surface area contributed by atoms with Gasteiger partial charge < -0.3 is 10.1 Å². The first kappa shape index (κ1) is 19.6. The third kappa shape index (κ3) is 4.38. The van der Waals surface area contributed by atoms with E-state index in [0.717, 1.165) is 11.8 Å². The molecular formula is C16H13ClN6O4S.